The quantitative estimate of drug-likeness (QED) is 0.638. The molecule has 156 valence electrons. The molecule has 0 bridgehead atoms. The van der Waals surface area contributed by atoms with Gasteiger partial charge in [0.25, 0.3) is 5.91 Å². The largest absolute Gasteiger partial charge is 0.491 e. The SMILES string of the molecule is O=C(c1ccc(OC[C@@H](O)Cn2ncnn2)cc1)N1CC[C@@H](c2ccc(F)cc2)C1. The molecular formula is C21H22FN5O3. The predicted molar refractivity (Wildman–Crippen MR) is 105 cm³/mol. The number of amides is 1. The van der Waals surface area contributed by atoms with Crippen LogP contribution in [0.2, 0.25) is 0 Å². The molecule has 1 saturated heterocycles. The van der Waals surface area contributed by atoms with Gasteiger partial charge in [-0.15, -0.1) is 10.2 Å². The highest BCUT2D eigenvalue weighted by atomic mass is 19.1. The Hall–Kier alpha value is -3.33. The van der Waals surface area contributed by atoms with E-state index in [0.717, 1.165) is 12.0 Å². The van der Waals surface area contributed by atoms with Crippen molar-refractivity contribution in [3.05, 3.63) is 71.8 Å². The Bertz CT molecular complexity index is 963. The fourth-order valence-corrected chi connectivity index (χ4v) is 3.53. The van der Waals surface area contributed by atoms with Crippen LogP contribution >= 0.6 is 0 Å². The zero-order valence-electron chi connectivity index (χ0n) is 16.3. The summed E-state index contributed by atoms with van der Waals surface area (Å²) in [5.74, 6) is 0.485. The van der Waals surface area contributed by atoms with Crippen LogP contribution in [0.5, 0.6) is 5.75 Å². The molecule has 0 saturated carbocycles. The lowest BCUT2D eigenvalue weighted by Gasteiger charge is -2.17. The first-order valence-corrected chi connectivity index (χ1v) is 9.75. The number of aromatic nitrogens is 4. The van der Waals surface area contributed by atoms with Crippen molar-refractivity contribution in [1.29, 1.82) is 0 Å². The maximum absolute atomic E-state index is 13.1. The monoisotopic (exact) mass is 411 g/mol. The third-order valence-electron chi connectivity index (χ3n) is 5.13. The van der Waals surface area contributed by atoms with Crippen molar-refractivity contribution in [2.75, 3.05) is 19.7 Å². The highest BCUT2D eigenvalue weighted by molar-refractivity contribution is 5.94. The minimum Gasteiger partial charge on any atom is -0.491 e. The molecule has 1 aromatic heterocycles. The standard InChI is InChI=1S/C21H22FN5O3/c22-18-5-1-15(2-6-18)17-9-10-26(11-17)21(29)16-3-7-20(8-4-16)30-13-19(28)12-27-24-14-23-25-27/h1-8,14,17,19,28H,9-13H2/t17-,19+/m1/s1. The minimum atomic E-state index is -0.784. The van der Waals surface area contributed by atoms with Gasteiger partial charge < -0.3 is 14.7 Å². The predicted octanol–water partition coefficient (Wildman–Crippen LogP) is 1.88. The number of ether oxygens (including phenoxy) is 1. The van der Waals surface area contributed by atoms with Crippen LogP contribution in [0.3, 0.4) is 0 Å². The number of benzene rings is 2. The normalized spacial score (nSPS) is 17.1. The molecule has 9 heteroatoms. The number of carbonyl (C=O) groups is 1. The number of likely N-dealkylation sites (tertiary alicyclic amines) is 1. The van der Waals surface area contributed by atoms with E-state index >= 15 is 0 Å². The first-order chi connectivity index (χ1) is 14.6. The summed E-state index contributed by atoms with van der Waals surface area (Å²) in [6.45, 7) is 1.54. The van der Waals surface area contributed by atoms with Crippen molar-refractivity contribution in [1.82, 2.24) is 25.1 Å². The number of halogens is 1. The van der Waals surface area contributed by atoms with Gasteiger partial charge in [-0.3, -0.25) is 4.79 Å². The van der Waals surface area contributed by atoms with Gasteiger partial charge in [0.15, 0.2) is 6.33 Å². The first-order valence-electron chi connectivity index (χ1n) is 9.75. The van der Waals surface area contributed by atoms with E-state index in [1.807, 2.05) is 4.90 Å². The van der Waals surface area contributed by atoms with Crippen molar-refractivity contribution < 1.29 is 19.0 Å². The molecule has 2 heterocycles. The van der Waals surface area contributed by atoms with Gasteiger partial charge in [-0.2, -0.15) is 4.80 Å². The van der Waals surface area contributed by atoms with Gasteiger partial charge in [0, 0.05) is 24.6 Å². The molecule has 8 nitrogen and oxygen atoms in total. The smallest absolute Gasteiger partial charge is 0.253 e. The molecule has 1 aliphatic heterocycles. The summed E-state index contributed by atoms with van der Waals surface area (Å²) >= 11 is 0. The summed E-state index contributed by atoms with van der Waals surface area (Å²) in [5.41, 5.74) is 1.63. The number of hydrogen-bond acceptors (Lipinski definition) is 6. The molecule has 30 heavy (non-hydrogen) atoms. The molecule has 2 atom stereocenters. The first kappa shape index (κ1) is 20.0. The molecule has 0 unspecified atom stereocenters. The number of nitrogens with zero attached hydrogens (tertiary/aromatic N) is 5. The van der Waals surface area contributed by atoms with Gasteiger partial charge in [-0.1, -0.05) is 12.1 Å². The summed E-state index contributed by atoms with van der Waals surface area (Å²) in [5, 5.41) is 21.1. The Morgan fingerprint density at radius 1 is 1.20 bits per heavy atom. The molecule has 4 rings (SSSR count). The second-order valence-corrected chi connectivity index (χ2v) is 7.27. The van der Waals surface area contributed by atoms with E-state index in [0.29, 0.717) is 24.4 Å². The number of aliphatic hydroxyl groups excluding tert-OH is 1. The van der Waals surface area contributed by atoms with E-state index in [9.17, 15) is 14.3 Å². The Kier molecular flexibility index (Phi) is 5.99. The number of hydrogen-bond donors (Lipinski definition) is 1. The van der Waals surface area contributed by atoms with E-state index in [-0.39, 0.29) is 30.8 Å². The molecule has 3 aromatic rings. The van der Waals surface area contributed by atoms with Crippen molar-refractivity contribution in [2.45, 2.75) is 25.0 Å². The summed E-state index contributed by atoms with van der Waals surface area (Å²) < 4.78 is 18.7. The van der Waals surface area contributed by atoms with Gasteiger partial charge in [-0.25, -0.2) is 4.39 Å². The molecule has 2 aromatic carbocycles. The maximum atomic E-state index is 13.1. The van der Waals surface area contributed by atoms with Crippen LogP contribution in [0.4, 0.5) is 4.39 Å². The molecule has 1 aliphatic rings. The van der Waals surface area contributed by atoms with Crippen LogP contribution < -0.4 is 4.74 Å². The van der Waals surface area contributed by atoms with Gasteiger partial charge in [0.1, 0.15) is 24.3 Å². The molecule has 0 spiro atoms. The molecular weight excluding hydrogens is 389 g/mol. The van der Waals surface area contributed by atoms with Crippen LogP contribution in [0.15, 0.2) is 54.9 Å². The fourth-order valence-electron chi connectivity index (χ4n) is 3.53. The highest BCUT2D eigenvalue weighted by Crippen LogP contribution is 2.28. The Morgan fingerprint density at radius 2 is 1.97 bits per heavy atom. The van der Waals surface area contributed by atoms with E-state index < -0.39 is 6.10 Å². The molecule has 1 amide bonds. The van der Waals surface area contributed by atoms with Crippen LogP contribution in [-0.2, 0) is 6.54 Å². The summed E-state index contributed by atoms with van der Waals surface area (Å²) in [7, 11) is 0. The van der Waals surface area contributed by atoms with E-state index in [1.54, 1.807) is 36.4 Å². The summed E-state index contributed by atoms with van der Waals surface area (Å²) in [6, 6.07) is 13.3. The zero-order chi connectivity index (χ0) is 20.9. The van der Waals surface area contributed by atoms with Crippen molar-refractivity contribution in [3.63, 3.8) is 0 Å². The lowest BCUT2D eigenvalue weighted by Crippen LogP contribution is -2.28. The Labute approximate surface area is 172 Å². The van der Waals surface area contributed by atoms with Crippen LogP contribution in [0.25, 0.3) is 0 Å². The summed E-state index contributed by atoms with van der Waals surface area (Å²) in [6.07, 6.45) is 1.37. The number of tetrazole rings is 1. The lowest BCUT2D eigenvalue weighted by molar-refractivity contribution is 0.0788. The van der Waals surface area contributed by atoms with E-state index in [1.165, 1.54) is 23.3 Å². The van der Waals surface area contributed by atoms with Gasteiger partial charge in [0.2, 0.25) is 0 Å². The highest BCUT2D eigenvalue weighted by Gasteiger charge is 2.28. The third kappa shape index (κ3) is 4.80. The summed E-state index contributed by atoms with van der Waals surface area (Å²) in [4.78, 5) is 15.9. The van der Waals surface area contributed by atoms with Crippen LogP contribution in [0.1, 0.15) is 28.3 Å². The topological polar surface area (TPSA) is 93.4 Å². The number of rotatable bonds is 7. The van der Waals surface area contributed by atoms with Gasteiger partial charge in [-0.05, 0) is 53.6 Å². The molecule has 0 radical (unpaired) electrons. The molecule has 1 fully saturated rings. The van der Waals surface area contributed by atoms with Crippen LogP contribution in [-0.4, -0.2) is 61.9 Å². The second-order valence-electron chi connectivity index (χ2n) is 7.27. The second kappa shape index (κ2) is 9.00. The number of carbonyl (C=O) groups excluding carboxylic acids is 1. The lowest BCUT2D eigenvalue weighted by atomic mass is 9.99. The minimum absolute atomic E-state index is 0.0385. The van der Waals surface area contributed by atoms with Crippen molar-refractivity contribution in [3.8, 4) is 5.75 Å². The van der Waals surface area contributed by atoms with Crippen molar-refractivity contribution in [2.24, 2.45) is 0 Å². The maximum Gasteiger partial charge on any atom is 0.253 e. The molecule has 1 N–H and O–H groups in total. The zero-order valence-corrected chi connectivity index (χ0v) is 16.3. The Balaban J connectivity index is 1.29. The van der Waals surface area contributed by atoms with Crippen LogP contribution in [0, 0.1) is 5.82 Å². The van der Waals surface area contributed by atoms with E-state index in [4.69, 9.17) is 4.74 Å². The van der Waals surface area contributed by atoms with Gasteiger partial charge >= 0.3 is 0 Å². The Morgan fingerprint density at radius 3 is 2.67 bits per heavy atom. The number of aliphatic hydroxyl groups is 1. The fraction of sp³-hybridized carbons (Fsp3) is 0.333. The average molecular weight is 411 g/mol. The third-order valence-corrected chi connectivity index (χ3v) is 5.13. The van der Waals surface area contributed by atoms with E-state index in [2.05, 4.69) is 15.4 Å². The molecule has 0 aliphatic carbocycles. The van der Waals surface area contributed by atoms with Gasteiger partial charge in [0.05, 0.1) is 6.54 Å². The van der Waals surface area contributed by atoms with Crippen molar-refractivity contribution >= 4 is 5.91 Å². The average Bonchev–Trinajstić information content (AvgIpc) is 3.45.